The summed E-state index contributed by atoms with van der Waals surface area (Å²) in [5, 5.41) is 2.55. The van der Waals surface area contributed by atoms with Gasteiger partial charge < -0.3 is 5.32 Å². The molecule has 8 nitrogen and oxygen atoms in total. The van der Waals surface area contributed by atoms with Crippen molar-refractivity contribution in [2.75, 3.05) is 13.1 Å². The number of urea groups is 1. The fourth-order valence-corrected chi connectivity index (χ4v) is 5.08. The summed E-state index contributed by atoms with van der Waals surface area (Å²) in [4.78, 5) is 38.5. The minimum absolute atomic E-state index is 0.0563. The molecule has 0 aromatic heterocycles. The van der Waals surface area contributed by atoms with Crippen molar-refractivity contribution in [1.29, 1.82) is 0 Å². The summed E-state index contributed by atoms with van der Waals surface area (Å²) < 4.78 is 39.1. The molecule has 2 aliphatic rings. The number of carbonyl (C=O) groups excluding carboxylic acids is 3. The third-order valence-electron chi connectivity index (χ3n) is 5.14. The van der Waals surface area contributed by atoms with Gasteiger partial charge in [-0.15, -0.1) is 0 Å². The van der Waals surface area contributed by atoms with Crippen molar-refractivity contribution in [3.63, 3.8) is 0 Å². The molecule has 150 valence electrons. The van der Waals surface area contributed by atoms with Crippen molar-refractivity contribution >= 4 is 27.9 Å². The number of fused-ring (bicyclic) bond motifs is 1. The topological polar surface area (TPSA) is 104 Å². The predicted octanol–water partition coefficient (Wildman–Crippen LogP) is 1.44. The van der Waals surface area contributed by atoms with Crippen LogP contribution < -0.4 is 5.32 Å². The molecule has 4 rings (SSSR count). The first-order valence-electron chi connectivity index (χ1n) is 8.72. The summed E-state index contributed by atoms with van der Waals surface area (Å²) >= 11 is 0. The van der Waals surface area contributed by atoms with Crippen LogP contribution in [0.2, 0.25) is 0 Å². The van der Waals surface area contributed by atoms with Crippen LogP contribution >= 0.6 is 0 Å². The van der Waals surface area contributed by atoms with Gasteiger partial charge in [0.25, 0.3) is 21.8 Å². The van der Waals surface area contributed by atoms with Crippen LogP contribution in [0.3, 0.4) is 0 Å². The van der Waals surface area contributed by atoms with Gasteiger partial charge >= 0.3 is 6.03 Å². The molecular formula is C19H16FN3O5S. The van der Waals surface area contributed by atoms with Crippen LogP contribution in [0.1, 0.15) is 22.8 Å². The maximum atomic E-state index is 13.2. The number of hydrogen-bond acceptors (Lipinski definition) is 5. The van der Waals surface area contributed by atoms with E-state index in [1.807, 2.05) is 0 Å². The number of carbonyl (C=O) groups is 3. The minimum atomic E-state index is -4.04. The lowest BCUT2D eigenvalue weighted by Gasteiger charge is -2.23. The summed E-state index contributed by atoms with van der Waals surface area (Å²) in [6.45, 7) is 0.809. The largest absolute Gasteiger partial charge is 0.325 e. The maximum Gasteiger partial charge on any atom is 0.325 e. The fourth-order valence-electron chi connectivity index (χ4n) is 3.52. The number of imide groups is 1. The summed E-state index contributed by atoms with van der Waals surface area (Å²) in [5.41, 5.74) is -0.973. The quantitative estimate of drug-likeness (QED) is 0.758. The predicted molar refractivity (Wildman–Crippen MR) is 98.7 cm³/mol. The number of hydrogen-bond donors (Lipinski definition) is 1. The number of nitrogens with zero attached hydrogens (tertiary/aromatic N) is 2. The lowest BCUT2D eigenvalue weighted by atomic mass is 9.92. The molecule has 2 aromatic carbocycles. The number of benzene rings is 2. The second-order valence-corrected chi connectivity index (χ2v) is 8.73. The van der Waals surface area contributed by atoms with Gasteiger partial charge in [-0.25, -0.2) is 21.9 Å². The van der Waals surface area contributed by atoms with Crippen molar-refractivity contribution in [2.45, 2.75) is 17.4 Å². The van der Waals surface area contributed by atoms with Crippen molar-refractivity contribution in [1.82, 2.24) is 14.5 Å². The Balaban J connectivity index is 1.55. The van der Waals surface area contributed by atoms with Gasteiger partial charge in [-0.3, -0.25) is 14.5 Å². The van der Waals surface area contributed by atoms with Crippen molar-refractivity contribution in [2.24, 2.45) is 0 Å². The van der Waals surface area contributed by atoms with Gasteiger partial charge in [-0.2, -0.15) is 0 Å². The molecule has 2 aromatic rings. The third-order valence-corrected chi connectivity index (χ3v) is 6.98. The standard InChI is InChI=1S/C19H16FN3O5S/c1-19(12-6-8-13(20)9-7-12)17(25)22(18(26)21-19)10-11-23-16(24)14-4-2-3-5-15(14)29(23,27)28/h2-9H,10-11H2,1H3,(H,21,26). The summed E-state index contributed by atoms with van der Waals surface area (Å²) in [6, 6.07) is 10.2. The molecule has 1 N–H and O–H groups in total. The van der Waals surface area contributed by atoms with Gasteiger partial charge in [0.15, 0.2) is 0 Å². The Kier molecular flexibility index (Phi) is 4.19. The van der Waals surface area contributed by atoms with Crippen LogP contribution in [0.25, 0.3) is 0 Å². The molecule has 0 aliphatic carbocycles. The SMILES string of the molecule is CC1(c2ccc(F)cc2)NC(=O)N(CCN2C(=O)c3ccccc3S2(=O)=O)C1=O. The van der Waals surface area contributed by atoms with E-state index in [0.29, 0.717) is 9.87 Å². The van der Waals surface area contributed by atoms with Gasteiger partial charge in [0.05, 0.1) is 12.1 Å². The average molecular weight is 417 g/mol. The highest BCUT2D eigenvalue weighted by Gasteiger charge is 2.49. The summed E-state index contributed by atoms with van der Waals surface area (Å²) in [6.07, 6.45) is 0. The molecule has 0 bridgehead atoms. The molecule has 1 saturated heterocycles. The zero-order chi connectivity index (χ0) is 21.0. The molecule has 10 heteroatoms. The Hall–Kier alpha value is -3.27. The number of sulfonamides is 1. The molecule has 29 heavy (non-hydrogen) atoms. The Morgan fingerprint density at radius 1 is 1.00 bits per heavy atom. The summed E-state index contributed by atoms with van der Waals surface area (Å²) in [5.74, 6) is -1.80. The van der Waals surface area contributed by atoms with E-state index < -0.39 is 39.2 Å². The fraction of sp³-hybridized carbons (Fsp3) is 0.211. The van der Waals surface area contributed by atoms with E-state index in [1.165, 1.54) is 49.4 Å². The lowest BCUT2D eigenvalue weighted by Crippen LogP contribution is -2.43. The highest BCUT2D eigenvalue weighted by atomic mass is 32.2. The van der Waals surface area contributed by atoms with Gasteiger partial charge in [-0.1, -0.05) is 24.3 Å². The average Bonchev–Trinajstić information content (AvgIpc) is 3.02. The first-order valence-corrected chi connectivity index (χ1v) is 10.2. The Morgan fingerprint density at radius 3 is 2.31 bits per heavy atom. The van der Waals surface area contributed by atoms with Crippen molar-refractivity contribution in [3.8, 4) is 0 Å². The molecular weight excluding hydrogens is 401 g/mol. The monoisotopic (exact) mass is 417 g/mol. The molecule has 4 amide bonds. The lowest BCUT2D eigenvalue weighted by molar-refractivity contribution is -0.131. The van der Waals surface area contributed by atoms with E-state index in [-0.39, 0.29) is 23.5 Å². The van der Waals surface area contributed by atoms with E-state index in [2.05, 4.69) is 5.32 Å². The third kappa shape index (κ3) is 2.79. The first-order chi connectivity index (χ1) is 13.7. The number of nitrogens with one attached hydrogen (secondary N) is 1. The normalized spacial score (nSPS) is 22.8. The number of amides is 4. The van der Waals surface area contributed by atoms with Gasteiger partial charge in [-0.05, 0) is 36.8 Å². The molecule has 2 heterocycles. The smallest absolute Gasteiger partial charge is 0.319 e. The van der Waals surface area contributed by atoms with Crippen LogP contribution in [0.15, 0.2) is 53.4 Å². The van der Waals surface area contributed by atoms with E-state index in [9.17, 15) is 27.2 Å². The summed E-state index contributed by atoms with van der Waals surface area (Å²) in [7, 11) is -4.04. The van der Waals surface area contributed by atoms with Gasteiger partial charge in [0.2, 0.25) is 0 Å². The second-order valence-electron chi connectivity index (χ2n) is 6.90. The highest BCUT2D eigenvalue weighted by Crippen LogP contribution is 2.31. The zero-order valence-electron chi connectivity index (χ0n) is 15.3. The second kappa shape index (κ2) is 6.38. The van der Waals surface area contributed by atoms with E-state index in [0.717, 1.165) is 4.90 Å². The molecule has 1 unspecified atom stereocenters. The van der Waals surface area contributed by atoms with Gasteiger partial charge in [0, 0.05) is 6.54 Å². The maximum absolute atomic E-state index is 13.2. The van der Waals surface area contributed by atoms with E-state index in [4.69, 9.17) is 0 Å². The van der Waals surface area contributed by atoms with Crippen molar-refractivity contribution in [3.05, 3.63) is 65.5 Å². The Morgan fingerprint density at radius 2 is 1.66 bits per heavy atom. The van der Waals surface area contributed by atoms with Gasteiger partial charge in [0.1, 0.15) is 16.3 Å². The number of rotatable bonds is 4. The molecule has 1 atom stereocenters. The molecule has 1 fully saturated rings. The first kappa shape index (κ1) is 19.1. The highest BCUT2D eigenvalue weighted by molar-refractivity contribution is 7.90. The molecule has 0 saturated carbocycles. The van der Waals surface area contributed by atoms with E-state index in [1.54, 1.807) is 6.07 Å². The van der Waals surface area contributed by atoms with E-state index >= 15 is 0 Å². The molecule has 0 radical (unpaired) electrons. The van der Waals surface area contributed by atoms with Crippen LogP contribution in [0.4, 0.5) is 9.18 Å². The Bertz CT molecular complexity index is 1150. The van der Waals surface area contributed by atoms with Crippen LogP contribution in [0.5, 0.6) is 0 Å². The molecule has 2 aliphatic heterocycles. The van der Waals surface area contributed by atoms with Crippen LogP contribution in [-0.4, -0.2) is 48.6 Å². The van der Waals surface area contributed by atoms with Crippen molar-refractivity contribution < 1.29 is 27.2 Å². The van der Waals surface area contributed by atoms with Crippen LogP contribution in [0, 0.1) is 5.82 Å². The molecule has 0 spiro atoms. The number of halogens is 1. The Labute approximate surface area is 166 Å². The van der Waals surface area contributed by atoms with Crippen LogP contribution in [-0.2, 0) is 20.4 Å². The minimum Gasteiger partial charge on any atom is -0.319 e. The zero-order valence-corrected chi connectivity index (χ0v) is 16.1.